The van der Waals surface area contributed by atoms with E-state index < -0.39 is 23.1 Å². The number of anilines is 1. The molecule has 232 valence electrons. The minimum Gasteiger partial charge on any atom is -0.502 e. The highest BCUT2D eigenvalue weighted by Gasteiger charge is 2.30. The number of hydrogen-bond acceptors (Lipinski definition) is 9. The number of fused-ring (bicyclic) bond motifs is 1. The first kappa shape index (κ1) is 30.9. The van der Waals surface area contributed by atoms with Crippen molar-refractivity contribution < 1.29 is 23.8 Å². The van der Waals surface area contributed by atoms with Crippen LogP contribution in [-0.4, -0.2) is 60.9 Å². The largest absolute Gasteiger partial charge is 0.502 e. The van der Waals surface area contributed by atoms with Crippen LogP contribution in [0.2, 0.25) is 0 Å². The number of aromatic hydroxyl groups is 1. The van der Waals surface area contributed by atoms with Crippen molar-refractivity contribution in [1.29, 1.82) is 0 Å². The molecule has 0 amide bonds. The molecular weight excluding hydrogens is 562 g/mol. The van der Waals surface area contributed by atoms with Crippen molar-refractivity contribution in [1.82, 2.24) is 9.47 Å². The van der Waals surface area contributed by atoms with Crippen LogP contribution >= 0.6 is 0 Å². The Hall–Kier alpha value is -4.57. The van der Waals surface area contributed by atoms with Crippen LogP contribution in [0.1, 0.15) is 43.3 Å². The number of hydrogen-bond donors (Lipinski definition) is 1. The van der Waals surface area contributed by atoms with E-state index in [4.69, 9.17) is 13.9 Å². The van der Waals surface area contributed by atoms with E-state index in [2.05, 4.69) is 9.80 Å². The number of piperazine rings is 1. The van der Waals surface area contributed by atoms with Gasteiger partial charge in [-0.2, -0.15) is 0 Å². The van der Waals surface area contributed by atoms with Crippen LogP contribution in [0.3, 0.4) is 0 Å². The molecule has 1 N–H and O–H groups in total. The zero-order valence-electron chi connectivity index (χ0n) is 25.6. The first-order valence-corrected chi connectivity index (χ1v) is 14.8. The Kier molecular flexibility index (Phi) is 9.39. The van der Waals surface area contributed by atoms with Crippen LogP contribution in [0.25, 0.3) is 10.9 Å². The number of nitrogens with zero attached hydrogens (tertiary/aromatic N) is 3. The molecule has 10 heteroatoms. The topological polar surface area (TPSA) is 114 Å². The van der Waals surface area contributed by atoms with E-state index in [1.54, 1.807) is 17.7 Å². The molecule has 0 aliphatic carbocycles. The first-order valence-electron chi connectivity index (χ1n) is 14.8. The summed E-state index contributed by atoms with van der Waals surface area (Å²) in [5, 5.41) is 11.8. The molecule has 1 atom stereocenters. The summed E-state index contributed by atoms with van der Waals surface area (Å²) in [6.45, 7) is 7.83. The molecule has 10 nitrogen and oxygen atoms in total. The molecule has 0 unspecified atom stereocenters. The lowest BCUT2D eigenvalue weighted by Crippen LogP contribution is -2.46. The van der Waals surface area contributed by atoms with E-state index in [1.807, 2.05) is 62.4 Å². The fourth-order valence-corrected chi connectivity index (χ4v) is 5.79. The zero-order valence-corrected chi connectivity index (χ0v) is 25.6. The highest BCUT2D eigenvalue weighted by molar-refractivity contribution is 5.80. The third-order valence-corrected chi connectivity index (χ3v) is 8.06. The quantitative estimate of drug-likeness (QED) is 0.265. The Bertz CT molecular complexity index is 1740. The lowest BCUT2D eigenvalue weighted by atomic mass is 9.91. The second kappa shape index (κ2) is 13.4. The van der Waals surface area contributed by atoms with Crippen molar-refractivity contribution in [2.75, 3.05) is 45.3 Å². The molecule has 0 spiro atoms. The molecule has 0 bridgehead atoms. The van der Waals surface area contributed by atoms with Gasteiger partial charge in [0, 0.05) is 50.0 Å². The molecule has 44 heavy (non-hydrogen) atoms. The van der Waals surface area contributed by atoms with Crippen LogP contribution in [0.4, 0.5) is 5.69 Å². The van der Waals surface area contributed by atoms with Crippen LogP contribution in [0.5, 0.6) is 11.5 Å². The summed E-state index contributed by atoms with van der Waals surface area (Å²) < 4.78 is 18.1. The number of para-hydroxylation sites is 1. The molecule has 1 aliphatic heterocycles. The van der Waals surface area contributed by atoms with Gasteiger partial charge in [0.15, 0.2) is 5.76 Å². The van der Waals surface area contributed by atoms with Crippen LogP contribution < -0.4 is 20.6 Å². The van der Waals surface area contributed by atoms with E-state index >= 15 is 0 Å². The maximum Gasteiger partial charge on any atom is 0.306 e. The van der Waals surface area contributed by atoms with Crippen molar-refractivity contribution in [3.63, 3.8) is 0 Å². The highest BCUT2D eigenvalue weighted by Crippen LogP contribution is 2.34. The van der Waals surface area contributed by atoms with E-state index in [9.17, 15) is 19.5 Å². The second-order valence-electron chi connectivity index (χ2n) is 11.6. The van der Waals surface area contributed by atoms with Gasteiger partial charge in [-0.05, 0) is 47.7 Å². The molecule has 2 aromatic heterocycles. The number of carbonyl (C=O) groups excluding carboxylic acids is 1. The number of esters is 1. The lowest BCUT2D eigenvalue weighted by Gasteiger charge is -2.36. The summed E-state index contributed by atoms with van der Waals surface area (Å²) in [5.41, 5.74) is 1.18. The number of aromatic nitrogens is 1. The van der Waals surface area contributed by atoms with Crippen molar-refractivity contribution in [3.8, 4) is 11.5 Å². The van der Waals surface area contributed by atoms with Crippen LogP contribution in [0.15, 0.2) is 74.7 Å². The normalized spacial score (nSPS) is 14.6. The maximum absolute atomic E-state index is 14.0. The van der Waals surface area contributed by atoms with Gasteiger partial charge in [0.05, 0.1) is 38.6 Å². The number of rotatable bonds is 10. The fourth-order valence-electron chi connectivity index (χ4n) is 5.79. The molecule has 1 fully saturated rings. The fraction of sp³-hybridized carbons (Fsp3) is 0.382. The van der Waals surface area contributed by atoms with Gasteiger partial charge in [0.1, 0.15) is 11.5 Å². The van der Waals surface area contributed by atoms with E-state index in [-0.39, 0.29) is 29.2 Å². The van der Waals surface area contributed by atoms with Gasteiger partial charge in [-0.3, -0.25) is 19.3 Å². The third kappa shape index (κ3) is 6.65. The van der Waals surface area contributed by atoms with Gasteiger partial charge in [-0.15, -0.1) is 0 Å². The Labute approximate surface area is 256 Å². The number of ether oxygens (including phenoxy) is 2. The van der Waals surface area contributed by atoms with Gasteiger partial charge in [-0.1, -0.05) is 32.0 Å². The van der Waals surface area contributed by atoms with Gasteiger partial charge in [-0.25, -0.2) is 0 Å². The average Bonchev–Trinajstić information content (AvgIpc) is 3.03. The molecule has 5 rings (SSSR count). The SMILES string of the molecule is COC(=O)C[C@H](c1oc(CN2CCN(c3ccc(OC)cc3)CC2)cc(=O)c1O)c1cc2ccccc2n(CC(C)C)c1=O. The molecule has 1 aliphatic rings. The van der Waals surface area contributed by atoms with Crippen molar-refractivity contribution in [2.24, 2.45) is 5.92 Å². The number of pyridine rings is 1. The predicted octanol–water partition coefficient (Wildman–Crippen LogP) is 4.34. The molecule has 0 radical (unpaired) electrons. The number of benzene rings is 2. The molecule has 0 saturated carbocycles. The lowest BCUT2D eigenvalue weighted by molar-refractivity contribution is -0.140. The Morgan fingerprint density at radius 2 is 1.68 bits per heavy atom. The van der Waals surface area contributed by atoms with E-state index in [0.29, 0.717) is 18.8 Å². The molecule has 4 aromatic rings. The van der Waals surface area contributed by atoms with Crippen molar-refractivity contribution >= 4 is 22.6 Å². The summed E-state index contributed by atoms with van der Waals surface area (Å²) >= 11 is 0. The molecule has 1 saturated heterocycles. The maximum atomic E-state index is 14.0. The standard InChI is InChI=1S/C34H39N3O7/c1-22(2)20-37-29-8-6-5-7-23(29)17-28(34(37)41)27(19-31(39)43-4)33-32(40)30(38)18-26(44-33)21-35-13-15-36(16-14-35)24-9-11-25(42-3)12-10-24/h5-12,17-18,22,27,40H,13-16,19-21H2,1-4H3/t27-/m0/s1. The Balaban J connectivity index is 1.47. The van der Waals surface area contributed by atoms with Crippen molar-refractivity contribution in [3.05, 3.63) is 98.3 Å². The first-order chi connectivity index (χ1) is 21.2. The average molecular weight is 602 g/mol. The van der Waals surface area contributed by atoms with Gasteiger partial charge in [0.25, 0.3) is 5.56 Å². The van der Waals surface area contributed by atoms with Gasteiger partial charge in [0.2, 0.25) is 11.2 Å². The molecular formula is C34H39N3O7. The van der Waals surface area contributed by atoms with Gasteiger partial charge >= 0.3 is 5.97 Å². The predicted molar refractivity (Wildman–Crippen MR) is 169 cm³/mol. The molecule has 3 heterocycles. The summed E-state index contributed by atoms with van der Waals surface area (Å²) in [6.07, 6.45) is -0.285. The molecule has 2 aromatic carbocycles. The van der Waals surface area contributed by atoms with Crippen LogP contribution in [-0.2, 0) is 22.6 Å². The minimum atomic E-state index is -1.03. The Morgan fingerprint density at radius 3 is 2.34 bits per heavy atom. The summed E-state index contributed by atoms with van der Waals surface area (Å²) in [4.78, 5) is 44.1. The summed E-state index contributed by atoms with van der Waals surface area (Å²) in [6, 6.07) is 18.4. The summed E-state index contributed by atoms with van der Waals surface area (Å²) in [7, 11) is 2.90. The van der Waals surface area contributed by atoms with E-state index in [1.165, 1.54) is 13.2 Å². The van der Waals surface area contributed by atoms with E-state index in [0.717, 1.165) is 48.5 Å². The smallest absolute Gasteiger partial charge is 0.306 e. The number of carbonyl (C=O) groups is 1. The van der Waals surface area contributed by atoms with Crippen LogP contribution in [0, 0.1) is 5.92 Å². The number of methoxy groups -OCH3 is 2. The summed E-state index contributed by atoms with van der Waals surface area (Å²) in [5.74, 6) is -1.03. The zero-order chi connectivity index (χ0) is 31.4. The Morgan fingerprint density at radius 1 is 0.977 bits per heavy atom. The third-order valence-electron chi connectivity index (χ3n) is 8.06. The van der Waals surface area contributed by atoms with Crippen molar-refractivity contribution in [2.45, 2.75) is 39.3 Å². The second-order valence-corrected chi connectivity index (χ2v) is 11.6. The van der Waals surface area contributed by atoms with Gasteiger partial charge < -0.3 is 28.5 Å². The minimum absolute atomic E-state index is 0.113. The monoisotopic (exact) mass is 601 g/mol. The highest BCUT2D eigenvalue weighted by atomic mass is 16.5.